The van der Waals surface area contributed by atoms with Crippen molar-refractivity contribution in [3.05, 3.63) is 0 Å². The van der Waals surface area contributed by atoms with Crippen molar-refractivity contribution in [3.8, 4) is 0 Å². The van der Waals surface area contributed by atoms with E-state index in [1.54, 1.807) is 0 Å². The Labute approximate surface area is 146 Å². The molecule has 5 rings (SSSR count). The zero-order valence-corrected chi connectivity index (χ0v) is 15.4. The van der Waals surface area contributed by atoms with E-state index in [2.05, 4.69) is 13.8 Å². The van der Waals surface area contributed by atoms with Crippen molar-refractivity contribution in [2.24, 2.45) is 34.5 Å². The maximum atomic E-state index is 10.6. The van der Waals surface area contributed by atoms with Gasteiger partial charge in [-0.1, -0.05) is 13.8 Å². The van der Waals surface area contributed by atoms with Crippen molar-refractivity contribution in [1.82, 2.24) is 0 Å². The van der Waals surface area contributed by atoms with Gasteiger partial charge >= 0.3 is 0 Å². The summed E-state index contributed by atoms with van der Waals surface area (Å²) >= 11 is 0. The molecule has 3 heteroatoms. The van der Waals surface area contributed by atoms with Crippen LogP contribution in [0.2, 0.25) is 0 Å². The van der Waals surface area contributed by atoms with Gasteiger partial charge < -0.3 is 14.6 Å². The van der Waals surface area contributed by atoms with Gasteiger partial charge in [0.05, 0.1) is 19.3 Å². The number of ether oxygens (including phenoxy) is 2. The predicted octanol–water partition coefficient (Wildman–Crippen LogP) is 4.13. The summed E-state index contributed by atoms with van der Waals surface area (Å²) in [6.45, 7) is 6.54. The third kappa shape index (κ3) is 2.01. The van der Waals surface area contributed by atoms with Crippen LogP contribution in [-0.4, -0.2) is 30.2 Å². The number of fused-ring (bicyclic) bond motifs is 5. The molecule has 0 aromatic carbocycles. The van der Waals surface area contributed by atoms with Crippen LogP contribution in [0.15, 0.2) is 0 Å². The highest BCUT2D eigenvalue weighted by atomic mass is 16.7. The molecule has 5 aliphatic rings. The second kappa shape index (κ2) is 5.20. The van der Waals surface area contributed by atoms with Gasteiger partial charge in [0, 0.05) is 12.8 Å². The van der Waals surface area contributed by atoms with E-state index in [1.807, 2.05) is 0 Å². The van der Waals surface area contributed by atoms with Crippen LogP contribution < -0.4 is 0 Å². The van der Waals surface area contributed by atoms with Crippen LogP contribution in [0.5, 0.6) is 0 Å². The van der Waals surface area contributed by atoms with Crippen molar-refractivity contribution in [1.29, 1.82) is 0 Å². The smallest absolute Gasteiger partial charge is 0.168 e. The Kier molecular flexibility index (Phi) is 3.49. The van der Waals surface area contributed by atoms with Crippen LogP contribution in [0.25, 0.3) is 0 Å². The molecule has 7 atom stereocenters. The third-order valence-electron chi connectivity index (χ3n) is 9.43. The van der Waals surface area contributed by atoms with Crippen LogP contribution in [0, 0.1) is 34.5 Å². The average Bonchev–Trinajstić information content (AvgIpc) is 3.14. The van der Waals surface area contributed by atoms with Crippen LogP contribution in [0.4, 0.5) is 0 Å². The largest absolute Gasteiger partial charge is 0.393 e. The first-order valence-electron chi connectivity index (χ1n) is 10.4. The number of hydrogen-bond acceptors (Lipinski definition) is 3. The van der Waals surface area contributed by atoms with E-state index in [1.165, 1.54) is 38.5 Å². The fraction of sp³-hybridized carbons (Fsp3) is 1.00. The van der Waals surface area contributed by atoms with Crippen LogP contribution >= 0.6 is 0 Å². The topological polar surface area (TPSA) is 38.7 Å². The molecule has 0 aromatic rings. The minimum absolute atomic E-state index is 0.0520. The standard InChI is InChI=1S/C21H34O3/c1-19-9-10-21(23-11-12-24-21)13-14(19)3-4-15-16-5-6-18(22)20(16,2)8-7-17(15)19/h14-18,22H,3-13H2,1-2H3/t14-,15?,16?,17?,18?,19+,20+/m1/s1. The summed E-state index contributed by atoms with van der Waals surface area (Å²) in [6.07, 6.45) is 11.0. The molecule has 1 aliphatic heterocycles. The predicted molar refractivity (Wildman–Crippen MR) is 92.4 cm³/mol. The molecule has 0 amide bonds. The molecule has 136 valence electrons. The lowest BCUT2D eigenvalue weighted by atomic mass is 9.45. The summed E-state index contributed by atoms with van der Waals surface area (Å²) in [5.74, 6) is 3.00. The van der Waals surface area contributed by atoms with Gasteiger partial charge in [0.25, 0.3) is 0 Å². The minimum Gasteiger partial charge on any atom is -0.393 e. The van der Waals surface area contributed by atoms with E-state index < -0.39 is 0 Å². The summed E-state index contributed by atoms with van der Waals surface area (Å²) in [4.78, 5) is 0. The maximum absolute atomic E-state index is 10.6. The Morgan fingerprint density at radius 2 is 1.54 bits per heavy atom. The quantitative estimate of drug-likeness (QED) is 0.724. The van der Waals surface area contributed by atoms with Gasteiger partial charge in [0.1, 0.15) is 0 Å². The van der Waals surface area contributed by atoms with E-state index in [0.717, 1.165) is 56.1 Å². The molecule has 0 radical (unpaired) electrons. The first-order chi connectivity index (χ1) is 11.5. The molecule has 0 bridgehead atoms. The molecular weight excluding hydrogens is 300 g/mol. The molecular formula is C21H34O3. The van der Waals surface area contributed by atoms with Gasteiger partial charge in [-0.3, -0.25) is 0 Å². The van der Waals surface area contributed by atoms with Crippen molar-refractivity contribution < 1.29 is 14.6 Å². The van der Waals surface area contributed by atoms with E-state index in [9.17, 15) is 5.11 Å². The van der Waals surface area contributed by atoms with Gasteiger partial charge in [-0.15, -0.1) is 0 Å². The molecule has 4 aliphatic carbocycles. The Bertz CT molecular complexity index is 513. The van der Waals surface area contributed by atoms with Gasteiger partial charge in [-0.05, 0) is 79.4 Å². The molecule has 0 aromatic heterocycles. The molecule has 24 heavy (non-hydrogen) atoms. The van der Waals surface area contributed by atoms with Crippen molar-refractivity contribution in [2.45, 2.75) is 83.5 Å². The normalized spacial score (nSPS) is 55.9. The second-order valence-electron chi connectivity index (χ2n) is 10.1. The minimum atomic E-state index is -0.232. The number of aliphatic hydroxyl groups excluding tert-OH is 1. The van der Waals surface area contributed by atoms with E-state index in [0.29, 0.717) is 5.41 Å². The lowest BCUT2D eigenvalue weighted by Crippen LogP contribution is -2.56. The first-order valence-corrected chi connectivity index (χ1v) is 10.4. The average molecular weight is 334 g/mol. The molecule has 1 N–H and O–H groups in total. The second-order valence-corrected chi connectivity index (χ2v) is 10.1. The van der Waals surface area contributed by atoms with Gasteiger partial charge in [0.2, 0.25) is 0 Å². The zero-order chi connectivity index (χ0) is 16.6. The van der Waals surface area contributed by atoms with E-state index >= 15 is 0 Å². The summed E-state index contributed by atoms with van der Waals surface area (Å²) in [6, 6.07) is 0. The highest BCUT2D eigenvalue weighted by Crippen LogP contribution is 2.67. The van der Waals surface area contributed by atoms with E-state index in [4.69, 9.17) is 9.47 Å². The Morgan fingerprint density at radius 1 is 0.792 bits per heavy atom. The highest BCUT2D eigenvalue weighted by molar-refractivity contribution is 5.10. The fourth-order valence-corrected chi connectivity index (χ4v) is 7.93. The molecule has 3 nitrogen and oxygen atoms in total. The summed E-state index contributed by atoms with van der Waals surface area (Å²) < 4.78 is 12.1. The SMILES string of the molecule is C[C@]12CCC3C(CC[C@@H]4CC5(CC[C@]34C)OCCO5)C1CCC2O. The maximum Gasteiger partial charge on any atom is 0.168 e. The lowest BCUT2D eigenvalue weighted by Gasteiger charge is -2.61. The monoisotopic (exact) mass is 334 g/mol. The van der Waals surface area contributed by atoms with Crippen molar-refractivity contribution in [2.75, 3.05) is 13.2 Å². The first kappa shape index (κ1) is 16.1. The van der Waals surface area contributed by atoms with Crippen molar-refractivity contribution >= 4 is 0 Å². The highest BCUT2D eigenvalue weighted by Gasteiger charge is 2.61. The Morgan fingerprint density at radius 3 is 2.33 bits per heavy atom. The van der Waals surface area contributed by atoms with Crippen LogP contribution in [-0.2, 0) is 9.47 Å². The molecule has 5 fully saturated rings. The fourth-order valence-electron chi connectivity index (χ4n) is 7.93. The molecule has 1 saturated heterocycles. The zero-order valence-electron chi connectivity index (χ0n) is 15.4. The van der Waals surface area contributed by atoms with E-state index in [-0.39, 0.29) is 17.3 Å². The van der Waals surface area contributed by atoms with Crippen LogP contribution in [0.1, 0.15) is 71.6 Å². The van der Waals surface area contributed by atoms with Gasteiger partial charge in [-0.25, -0.2) is 0 Å². The summed E-state index contributed by atoms with van der Waals surface area (Å²) in [5.41, 5.74) is 0.677. The van der Waals surface area contributed by atoms with Crippen LogP contribution in [0.3, 0.4) is 0 Å². The number of hydrogen-bond donors (Lipinski definition) is 1. The molecule has 4 saturated carbocycles. The summed E-state index contributed by atoms with van der Waals surface area (Å²) in [7, 11) is 0. The molecule has 1 heterocycles. The Hall–Kier alpha value is -0.120. The lowest BCUT2D eigenvalue weighted by molar-refractivity contribution is -0.230. The summed E-state index contributed by atoms with van der Waals surface area (Å²) in [5, 5.41) is 10.6. The van der Waals surface area contributed by atoms with Crippen molar-refractivity contribution in [3.63, 3.8) is 0 Å². The third-order valence-corrected chi connectivity index (χ3v) is 9.43. The Balaban J connectivity index is 1.41. The number of aliphatic hydroxyl groups is 1. The molecule has 4 unspecified atom stereocenters. The molecule has 1 spiro atoms. The van der Waals surface area contributed by atoms with Gasteiger partial charge in [0.15, 0.2) is 5.79 Å². The van der Waals surface area contributed by atoms with Gasteiger partial charge in [-0.2, -0.15) is 0 Å². The number of rotatable bonds is 0.